The summed E-state index contributed by atoms with van der Waals surface area (Å²) in [6.45, 7) is 12.9. The maximum Gasteiger partial charge on any atom is 0.338 e. The summed E-state index contributed by atoms with van der Waals surface area (Å²) < 4.78 is 5.63. The molecule has 2 aromatic carbocycles. The summed E-state index contributed by atoms with van der Waals surface area (Å²) in [6, 6.07) is 11.2. The molecule has 0 aliphatic carbocycles. The molecular weight excluding hydrogens is 484 g/mol. The minimum absolute atomic E-state index is 0.00521. The third kappa shape index (κ3) is 6.13. The number of esters is 1. The first-order chi connectivity index (χ1) is 17.8. The zero-order chi connectivity index (χ0) is 28.3. The van der Waals surface area contributed by atoms with Gasteiger partial charge in [-0.05, 0) is 52.3 Å². The standard InChI is InChI=1S/C30H36N2O6/c1-7-31(8-2)20-13-14-23(24(33)17-20)27(36)21-11-9-10-12-22(21)28(37)38-19-29(3,4)18-30(5,6)32-25(34)15-16-26(32)35/h9-17,33H,7-8,18-19H2,1-6H3. The van der Waals surface area contributed by atoms with Crippen LogP contribution in [0.5, 0.6) is 5.75 Å². The highest BCUT2D eigenvalue weighted by molar-refractivity contribution is 6.16. The molecular formula is C30H36N2O6. The molecule has 0 fully saturated rings. The molecule has 8 nitrogen and oxygen atoms in total. The van der Waals surface area contributed by atoms with Crippen molar-refractivity contribution in [2.75, 3.05) is 24.6 Å². The van der Waals surface area contributed by atoms with Gasteiger partial charge in [-0.15, -0.1) is 0 Å². The van der Waals surface area contributed by atoms with Crippen LogP contribution in [0.2, 0.25) is 0 Å². The van der Waals surface area contributed by atoms with Gasteiger partial charge in [0.1, 0.15) is 5.75 Å². The van der Waals surface area contributed by atoms with Crippen LogP contribution < -0.4 is 4.90 Å². The molecule has 0 spiro atoms. The Labute approximate surface area is 223 Å². The highest BCUT2D eigenvalue weighted by atomic mass is 16.5. The molecule has 0 saturated heterocycles. The van der Waals surface area contributed by atoms with Gasteiger partial charge in [-0.25, -0.2) is 4.79 Å². The van der Waals surface area contributed by atoms with E-state index in [0.29, 0.717) is 6.42 Å². The number of phenols is 1. The fourth-order valence-electron chi connectivity index (χ4n) is 5.14. The monoisotopic (exact) mass is 520 g/mol. The third-order valence-corrected chi connectivity index (χ3v) is 6.67. The van der Waals surface area contributed by atoms with Gasteiger partial charge in [0, 0.05) is 53.5 Å². The molecule has 0 atom stereocenters. The first kappa shape index (κ1) is 28.6. The summed E-state index contributed by atoms with van der Waals surface area (Å²) >= 11 is 0. The number of anilines is 1. The number of carbonyl (C=O) groups excluding carboxylic acids is 4. The molecule has 202 valence electrons. The van der Waals surface area contributed by atoms with Gasteiger partial charge in [-0.3, -0.25) is 19.3 Å². The Morgan fingerprint density at radius 2 is 1.47 bits per heavy atom. The fourth-order valence-corrected chi connectivity index (χ4v) is 5.14. The number of aromatic hydroxyl groups is 1. The van der Waals surface area contributed by atoms with Crippen molar-refractivity contribution < 1.29 is 29.0 Å². The van der Waals surface area contributed by atoms with Gasteiger partial charge in [0.15, 0.2) is 5.78 Å². The Kier molecular flexibility index (Phi) is 8.44. The van der Waals surface area contributed by atoms with Gasteiger partial charge >= 0.3 is 5.97 Å². The van der Waals surface area contributed by atoms with Crippen LogP contribution in [-0.4, -0.2) is 58.8 Å². The maximum atomic E-state index is 13.4. The van der Waals surface area contributed by atoms with E-state index in [1.165, 1.54) is 29.2 Å². The Morgan fingerprint density at radius 1 is 0.895 bits per heavy atom. The molecule has 0 unspecified atom stereocenters. The summed E-state index contributed by atoms with van der Waals surface area (Å²) in [7, 11) is 0. The van der Waals surface area contributed by atoms with Crippen LogP contribution >= 0.6 is 0 Å². The van der Waals surface area contributed by atoms with Gasteiger partial charge in [0.05, 0.1) is 17.7 Å². The molecule has 1 N–H and O–H groups in total. The first-order valence-electron chi connectivity index (χ1n) is 12.8. The zero-order valence-corrected chi connectivity index (χ0v) is 22.9. The lowest BCUT2D eigenvalue weighted by Gasteiger charge is -2.39. The number of rotatable bonds is 11. The minimum Gasteiger partial charge on any atom is -0.507 e. The predicted molar refractivity (Wildman–Crippen MR) is 145 cm³/mol. The van der Waals surface area contributed by atoms with E-state index in [0.717, 1.165) is 18.8 Å². The molecule has 38 heavy (non-hydrogen) atoms. The van der Waals surface area contributed by atoms with E-state index in [9.17, 15) is 24.3 Å². The van der Waals surface area contributed by atoms with Crippen LogP contribution in [0.15, 0.2) is 54.6 Å². The maximum absolute atomic E-state index is 13.4. The van der Waals surface area contributed by atoms with Gasteiger partial charge in [-0.2, -0.15) is 0 Å². The largest absolute Gasteiger partial charge is 0.507 e. The molecule has 0 aromatic heterocycles. The van der Waals surface area contributed by atoms with Gasteiger partial charge < -0.3 is 14.7 Å². The summed E-state index contributed by atoms with van der Waals surface area (Å²) in [4.78, 5) is 54.1. The van der Waals surface area contributed by atoms with Crippen molar-refractivity contribution in [2.24, 2.45) is 5.41 Å². The van der Waals surface area contributed by atoms with Gasteiger partial charge in [0.25, 0.3) is 11.8 Å². The van der Waals surface area contributed by atoms with Crippen molar-refractivity contribution in [3.63, 3.8) is 0 Å². The van der Waals surface area contributed by atoms with E-state index < -0.39 is 22.7 Å². The minimum atomic E-state index is -0.795. The van der Waals surface area contributed by atoms with Crippen molar-refractivity contribution in [3.8, 4) is 5.75 Å². The molecule has 2 amide bonds. The van der Waals surface area contributed by atoms with Crippen molar-refractivity contribution in [3.05, 3.63) is 71.3 Å². The SMILES string of the molecule is CCN(CC)c1ccc(C(=O)c2ccccc2C(=O)OCC(C)(C)CC(C)(C)N2C(=O)C=CC2=O)c(O)c1. The summed E-state index contributed by atoms with van der Waals surface area (Å²) in [5.74, 6) is -2.05. The van der Waals surface area contributed by atoms with E-state index in [-0.39, 0.29) is 40.9 Å². The van der Waals surface area contributed by atoms with Crippen molar-refractivity contribution in [2.45, 2.75) is 53.5 Å². The van der Waals surface area contributed by atoms with Gasteiger partial charge in [0.2, 0.25) is 0 Å². The highest BCUT2D eigenvalue weighted by Gasteiger charge is 2.41. The Balaban J connectivity index is 1.76. The first-order valence-corrected chi connectivity index (χ1v) is 12.8. The second-order valence-electron chi connectivity index (χ2n) is 10.8. The fraction of sp³-hybridized carbons (Fsp3) is 0.400. The van der Waals surface area contributed by atoms with Crippen LogP contribution in [-0.2, 0) is 14.3 Å². The van der Waals surface area contributed by atoms with E-state index >= 15 is 0 Å². The second kappa shape index (κ2) is 11.2. The Morgan fingerprint density at radius 3 is 2.03 bits per heavy atom. The zero-order valence-electron chi connectivity index (χ0n) is 22.9. The third-order valence-electron chi connectivity index (χ3n) is 6.67. The van der Waals surface area contributed by atoms with Crippen LogP contribution in [0.4, 0.5) is 5.69 Å². The Hall–Kier alpha value is -3.94. The van der Waals surface area contributed by atoms with E-state index in [2.05, 4.69) is 0 Å². The number of ether oxygens (including phenoxy) is 1. The highest BCUT2D eigenvalue weighted by Crippen LogP contribution is 2.34. The van der Waals surface area contributed by atoms with Crippen molar-refractivity contribution in [1.29, 1.82) is 0 Å². The number of nitrogens with zero attached hydrogens (tertiary/aromatic N) is 2. The molecule has 1 heterocycles. The number of ketones is 1. The molecule has 1 aliphatic heterocycles. The van der Waals surface area contributed by atoms with Crippen molar-refractivity contribution >= 4 is 29.3 Å². The average Bonchev–Trinajstić information content (AvgIpc) is 3.21. The topological polar surface area (TPSA) is 104 Å². The van der Waals surface area contributed by atoms with Crippen LogP contribution in [0.3, 0.4) is 0 Å². The molecule has 8 heteroatoms. The summed E-state index contributed by atoms with van der Waals surface area (Å²) in [5, 5.41) is 10.6. The Bertz CT molecular complexity index is 1260. The number of carbonyl (C=O) groups is 4. The smallest absolute Gasteiger partial charge is 0.338 e. The number of hydrogen-bond acceptors (Lipinski definition) is 7. The lowest BCUT2D eigenvalue weighted by Crippen LogP contribution is -2.50. The lowest BCUT2D eigenvalue weighted by molar-refractivity contribution is -0.144. The average molecular weight is 521 g/mol. The molecule has 0 radical (unpaired) electrons. The van der Waals surface area contributed by atoms with Crippen LogP contribution in [0.1, 0.15) is 74.2 Å². The molecule has 0 saturated carbocycles. The lowest BCUT2D eigenvalue weighted by atomic mass is 9.79. The predicted octanol–water partition coefficient (Wildman–Crippen LogP) is 4.75. The van der Waals surface area contributed by atoms with E-state index in [1.54, 1.807) is 44.2 Å². The number of phenolic OH excluding ortho intramolecular Hbond substituents is 1. The summed E-state index contributed by atoms with van der Waals surface area (Å²) in [6.07, 6.45) is 2.89. The van der Waals surface area contributed by atoms with E-state index in [4.69, 9.17) is 4.74 Å². The summed E-state index contributed by atoms with van der Waals surface area (Å²) in [5.41, 5.74) is -0.266. The number of imide groups is 1. The van der Waals surface area contributed by atoms with Gasteiger partial charge in [-0.1, -0.05) is 32.0 Å². The van der Waals surface area contributed by atoms with Crippen LogP contribution in [0.25, 0.3) is 0 Å². The number of benzene rings is 2. The normalized spacial score (nSPS) is 13.7. The van der Waals surface area contributed by atoms with E-state index in [1.807, 2.05) is 32.6 Å². The molecule has 2 aromatic rings. The van der Waals surface area contributed by atoms with Crippen LogP contribution in [0, 0.1) is 5.41 Å². The molecule has 3 rings (SSSR count). The quantitative estimate of drug-likeness (QED) is 0.259. The molecule has 0 bridgehead atoms. The van der Waals surface area contributed by atoms with Crippen molar-refractivity contribution in [1.82, 2.24) is 4.90 Å². The second-order valence-corrected chi connectivity index (χ2v) is 10.8. The number of amides is 2. The number of hydrogen-bond donors (Lipinski definition) is 1. The molecule has 1 aliphatic rings.